The summed E-state index contributed by atoms with van der Waals surface area (Å²) in [6, 6.07) is 13.4. The maximum atomic E-state index is 12.4. The van der Waals surface area contributed by atoms with Crippen molar-refractivity contribution in [3.05, 3.63) is 67.2 Å². The van der Waals surface area contributed by atoms with Gasteiger partial charge in [-0.1, -0.05) is 28.1 Å². The molecular weight excluding hydrogens is 543 g/mol. The lowest BCUT2D eigenvalue weighted by atomic mass is 10.1. The molecule has 5 nitrogen and oxygen atoms in total. The number of carbonyl (C=O) groups is 2. The van der Waals surface area contributed by atoms with E-state index in [9.17, 15) is 9.59 Å². The Hall–Kier alpha value is -1.78. The summed E-state index contributed by atoms with van der Waals surface area (Å²) in [6.45, 7) is 0.374. The normalized spacial score (nSPS) is 15.9. The summed E-state index contributed by atoms with van der Waals surface area (Å²) in [5, 5.41) is 2.59. The number of hydrogen-bond donors (Lipinski definition) is 1. The molecule has 0 unspecified atom stereocenters. The van der Waals surface area contributed by atoms with Crippen LogP contribution in [0.4, 0.5) is 0 Å². The average molecular weight is 557 g/mol. The highest BCUT2D eigenvalue weighted by atomic mass is 127. The Morgan fingerprint density at radius 3 is 2.63 bits per heavy atom. The van der Waals surface area contributed by atoms with E-state index in [1.54, 1.807) is 12.1 Å². The number of nitrogens with zero attached hydrogens (tertiary/aromatic N) is 1. The zero-order valence-corrected chi connectivity index (χ0v) is 18.7. The molecule has 0 aromatic heterocycles. The fourth-order valence-corrected chi connectivity index (χ4v) is 3.32. The van der Waals surface area contributed by atoms with Crippen LogP contribution in [-0.2, 0) is 16.2 Å². The number of rotatable bonds is 4. The molecular formula is C19H14BrIN2O3S. The molecule has 1 saturated heterocycles. The number of amides is 2. The van der Waals surface area contributed by atoms with Gasteiger partial charge in [-0.05, 0) is 76.8 Å². The summed E-state index contributed by atoms with van der Waals surface area (Å²) in [5.74, 6) is -0.403. The van der Waals surface area contributed by atoms with Crippen LogP contribution in [0, 0.1) is 3.57 Å². The summed E-state index contributed by atoms with van der Waals surface area (Å²) in [4.78, 5) is 25.8. The lowest BCUT2D eigenvalue weighted by Crippen LogP contribution is -2.52. The van der Waals surface area contributed by atoms with Crippen molar-refractivity contribution in [3.63, 3.8) is 0 Å². The van der Waals surface area contributed by atoms with Crippen LogP contribution in [0.3, 0.4) is 0 Å². The first-order chi connectivity index (χ1) is 12.8. The van der Waals surface area contributed by atoms with Crippen molar-refractivity contribution in [1.29, 1.82) is 0 Å². The predicted octanol–water partition coefficient (Wildman–Crippen LogP) is 3.89. The van der Waals surface area contributed by atoms with Crippen LogP contribution in [0.1, 0.15) is 11.1 Å². The second kappa shape index (κ2) is 8.49. The van der Waals surface area contributed by atoms with Gasteiger partial charge in [-0.3, -0.25) is 19.8 Å². The Labute approximate surface area is 184 Å². The van der Waals surface area contributed by atoms with Gasteiger partial charge in [0.25, 0.3) is 11.8 Å². The highest BCUT2D eigenvalue weighted by Crippen LogP contribution is 2.27. The zero-order valence-electron chi connectivity index (χ0n) is 14.2. The molecule has 1 aliphatic rings. The molecule has 0 bridgehead atoms. The van der Waals surface area contributed by atoms with E-state index in [0.717, 1.165) is 13.6 Å². The quantitative estimate of drug-likeness (QED) is 0.269. The Morgan fingerprint density at radius 1 is 1.22 bits per heavy atom. The molecule has 2 aromatic carbocycles. The van der Waals surface area contributed by atoms with Crippen LogP contribution in [-0.4, -0.2) is 28.9 Å². The van der Waals surface area contributed by atoms with Crippen LogP contribution < -0.4 is 10.1 Å². The standard InChI is InChI=1S/C19H14BrIN2O3S/c1-23-18(25)15(17(24)22-19(23)27)9-12-8-13(20)4-7-16(12)26-10-11-2-5-14(21)6-3-11/h2-9H,10H2,1H3,(H,22,24,27)/b15-9+. The molecule has 1 N–H and O–H groups in total. The van der Waals surface area contributed by atoms with Crippen LogP contribution in [0.2, 0.25) is 0 Å². The van der Waals surface area contributed by atoms with Gasteiger partial charge in [-0.25, -0.2) is 0 Å². The maximum absolute atomic E-state index is 12.4. The third-order valence-electron chi connectivity index (χ3n) is 3.88. The first kappa shape index (κ1) is 20.0. The van der Waals surface area contributed by atoms with Crippen LogP contribution in [0.25, 0.3) is 6.08 Å². The molecule has 1 heterocycles. The summed E-state index contributed by atoms with van der Waals surface area (Å²) in [5.41, 5.74) is 1.64. The van der Waals surface area contributed by atoms with Crippen molar-refractivity contribution in [2.24, 2.45) is 0 Å². The SMILES string of the molecule is CN1C(=O)/C(=C/c2cc(Br)ccc2OCc2ccc(I)cc2)C(=O)NC1=S. The lowest BCUT2D eigenvalue weighted by Gasteiger charge is -2.25. The summed E-state index contributed by atoms with van der Waals surface area (Å²) >= 11 is 10.6. The Balaban J connectivity index is 1.89. The molecule has 2 amide bonds. The highest BCUT2D eigenvalue weighted by molar-refractivity contribution is 14.1. The molecule has 1 aliphatic heterocycles. The van der Waals surface area contributed by atoms with Crippen molar-refractivity contribution in [1.82, 2.24) is 10.2 Å². The third-order valence-corrected chi connectivity index (χ3v) is 5.47. The number of nitrogens with one attached hydrogen (secondary N) is 1. The van der Waals surface area contributed by atoms with E-state index in [0.29, 0.717) is 17.9 Å². The maximum Gasteiger partial charge on any atom is 0.265 e. The van der Waals surface area contributed by atoms with E-state index in [1.165, 1.54) is 18.0 Å². The summed E-state index contributed by atoms with van der Waals surface area (Å²) < 4.78 is 7.88. The first-order valence-corrected chi connectivity index (χ1v) is 10.1. The third kappa shape index (κ3) is 4.74. The second-order valence-corrected chi connectivity index (χ2v) is 8.33. The average Bonchev–Trinajstić information content (AvgIpc) is 2.64. The molecule has 0 spiro atoms. The number of likely N-dealkylation sites (N-methyl/N-ethyl adjacent to an activating group) is 1. The molecule has 0 saturated carbocycles. The van der Waals surface area contributed by atoms with Gasteiger partial charge in [0.1, 0.15) is 17.9 Å². The van der Waals surface area contributed by atoms with Crippen molar-refractivity contribution in [2.45, 2.75) is 6.61 Å². The van der Waals surface area contributed by atoms with E-state index in [1.807, 2.05) is 30.3 Å². The van der Waals surface area contributed by atoms with Gasteiger partial charge < -0.3 is 4.74 Å². The molecule has 1 fully saturated rings. The summed E-state index contributed by atoms with van der Waals surface area (Å²) in [6.07, 6.45) is 1.52. The fraction of sp³-hybridized carbons (Fsp3) is 0.105. The molecule has 0 atom stereocenters. The van der Waals surface area contributed by atoms with Gasteiger partial charge in [0.2, 0.25) is 0 Å². The summed E-state index contributed by atoms with van der Waals surface area (Å²) in [7, 11) is 1.52. The number of carbonyl (C=O) groups excluding carboxylic acids is 2. The van der Waals surface area contributed by atoms with Gasteiger partial charge in [0.15, 0.2) is 5.11 Å². The molecule has 138 valence electrons. The number of halogens is 2. The van der Waals surface area contributed by atoms with E-state index in [2.05, 4.69) is 43.8 Å². The number of benzene rings is 2. The Morgan fingerprint density at radius 2 is 1.93 bits per heavy atom. The monoisotopic (exact) mass is 556 g/mol. The molecule has 2 aromatic rings. The molecule has 8 heteroatoms. The van der Waals surface area contributed by atoms with Gasteiger partial charge in [-0.2, -0.15) is 0 Å². The second-order valence-electron chi connectivity index (χ2n) is 5.78. The van der Waals surface area contributed by atoms with Crippen molar-refractivity contribution < 1.29 is 14.3 Å². The Kier molecular flexibility index (Phi) is 6.28. The predicted molar refractivity (Wildman–Crippen MR) is 119 cm³/mol. The zero-order chi connectivity index (χ0) is 19.6. The minimum absolute atomic E-state index is 0.00307. The topological polar surface area (TPSA) is 58.6 Å². The van der Waals surface area contributed by atoms with Gasteiger partial charge >= 0.3 is 0 Å². The van der Waals surface area contributed by atoms with Crippen LogP contribution >= 0.6 is 50.7 Å². The van der Waals surface area contributed by atoms with Crippen molar-refractivity contribution >= 4 is 73.7 Å². The molecule has 27 heavy (non-hydrogen) atoms. The molecule has 0 radical (unpaired) electrons. The minimum Gasteiger partial charge on any atom is -0.488 e. The first-order valence-electron chi connectivity index (χ1n) is 7.87. The molecule has 3 rings (SSSR count). The van der Waals surface area contributed by atoms with Crippen LogP contribution in [0.15, 0.2) is 52.5 Å². The van der Waals surface area contributed by atoms with Gasteiger partial charge in [-0.15, -0.1) is 0 Å². The number of thiocarbonyl (C=S) groups is 1. The van der Waals surface area contributed by atoms with Crippen LogP contribution in [0.5, 0.6) is 5.75 Å². The number of ether oxygens (including phenoxy) is 1. The van der Waals surface area contributed by atoms with Crippen molar-refractivity contribution in [2.75, 3.05) is 7.05 Å². The fourth-order valence-electron chi connectivity index (χ4n) is 2.41. The van der Waals surface area contributed by atoms with E-state index < -0.39 is 11.8 Å². The number of hydrogen-bond acceptors (Lipinski definition) is 4. The smallest absolute Gasteiger partial charge is 0.265 e. The minimum atomic E-state index is -0.522. The largest absolute Gasteiger partial charge is 0.488 e. The van der Waals surface area contributed by atoms with Gasteiger partial charge in [0.05, 0.1) is 0 Å². The highest BCUT2D eigenvalue weighted by Gasteiger charge is 2.31. The van der Waals surface area contributed by atoms with E-state index >= 15 is 0 Å². The van der Waals surface area contributed by atoms with Crippen molar-refractivity contribution in [3.8, 4) is 5.75 Å². The van der Waals surface area contributed by atoms with E-state index in [4.69, 9.17) is 17.0 Å². The lowest BCUT2D eigenvalue weighted by molar-refractivity contribution is -0.128. The Bertz CT molecular complexity index is 960. The molecule has 0 aliphatic carbocycles. The van der Waals surface area contributed by atoms with E-state index in [-0.39, 0.29) is 10.7 Å². The van der Waals surface area contributed by atoms with Gasteiger partial charge in [0, 0.05) is 20.7 Å².